The number of hydrogen-bond donors (Lipinski definition) is 1. The summed E-state index contributed by atoms with van der Waals surface area (Å²) in [4.78, 5) is 11.7. The quantitative estimate of drug-likeness (QED) is 0.852. The van der Waals surface area contributed by atoms with Crippen molar-refractivity contribution in [3.8, 4) is 0 Å². The van der Waals surface area contributed by atoms with E-state index >= 15 is 0 Å². The highest BCUT2D eigenvalue weighted by molar-refractivity contribution is 5.66. The van der Waals surface area contributed by atoms with Gasteiger partial charge in [0.25, 0.3) is 0 Å². The van der Waals surface area contributed by atoms with Gasteiger partial charge in [-0.1, -0.05) is 12.1 Å². The van der Waals surface area contributed by atoms with E-state index in [1.54, 1.807) is 24.4 Å². The molecule has 0 aliphatic heterocycles. The summed E-state index contributed by atoms with van der Waals surface area (Å²) in [6.07, 6.45) is -1.59. The van der Waals surface area contributed by atoms with E-state index < -0.39 is 17.3 Å². The van der Waals surface area contributed by atoms with Crippen LogP contribution in [0.25, 0.3) is 0 Å². The molecular formula is C16H13F3N2O. The number of alkyl halides is 3. The van der Waals surface area contributed by atoms with Crippen molar-refractivity contribution in [1.29, 1.82) is 5.41 Å². The van der Waals surface area contributed by atoms with Crippen LogP contribution >= 0.6 is 0 Å². The summed E-state index contributed by atoms with van der Waals surface area (Å²) in [5.74, 6) is 0. The number of nitrogens with zero attached hydrogens (tertiary/aromatic N) is 1. The van der Waals surface area contributed by atoms with Crippen molar-refractivity contribution in [3.05, 3.63) is 64.8 Å². The van der Waals surface area contributed by atoms with Crippen LogP contribution in [0.15, 0.2) is 42.6 Å². The third-order valence-corrected chi connectivity index (χ3v) is 4.09. The van der Waals surface area contributed by atoms with Crippen LogP contribution in [0.5, 0.6) is 0 Å². The van der Waals surface area contributed by atoms with Gasteiger partial charge in [0, 0.05) is 19.0 Å². The smallest absolute Gasteiger partial charge is 0.320 e. The lowest BCUT2D eigenvalue weighted by Gasteiger charge is -2.26. The van der Waals surface area contributed by atoms with Gasteiger partial charge in [0.15, 0.2) is 0 Å². The molecule has 22 heavy (non-hydrogen) atoms. The Balaban J connectivity index is 2.07. The zero-order valence-electron chi connectivity index (χ0n) is 11.5. The number of fused-ring (bicyclic) bond motifs is 1. The molecule has 1 heterocycles. The van der Waals surface area contributed by atoms with Crippen molar-refractivity contribution in [2.45, 2.75) is 24.6 Å². The molecule has 1 N–H and O–H groups in total. The number of aldehydes is 1. The second-order valence-electron chi connectivity index (χ2n) is 5.51. The van der Waals surface area contributed by atoms with Crippen LogP contribution < -0.4 is 5.49 Å². The van der Waals surface area contributed by atoms with Crippen LogP contribution in [-0.2, 0) is 29.4 Å². The summed E-state index contributed by atoms with van der Waals surface area (Å²) in [7, 11) is 0. The highest BCUT2D eigenvalue weighted by atomic mass is 19.4. The van der Waals surface area contributed by atoms with Crippen LogP contribution in [0.4, 0.5) is 13.2 Å². The minimum Gasteiger partial charge on any atom is -0.320 e. The van der Waals surface area contributed by atoms with Gasteiger partial charge >= 0.3 is 6.18 Å². The Kier molecular flexibility index (Phi) is 3.20. The Morgan fingerprint density at radius 1 is 1.14 bits per heavy atom. The molecule has 114 valence electrons. The average molecular weight is 306 g/mol. The third-order valence-electron chi connectivity index (χ3n) is 4.09. The Labute approximate surface area is 124 Å². The topological polar surface area (TPSA) is 45.9 Å². The van der Waals surface area contributed by atoms with Crippen molar-refractivity contribution in [2.24, 2.45) is 0 Å². The molecule has 2 aromatic rings. The van der Waals surface area contributed by atoms with E-state index in [-0.39, 0.29) is 11.9 Å². The summed E-state index contributed by atoms with van der Waals surface area (Å²) < 4.78 is 40.0. The Morgan fingerprint density at radius 2 is 1.86 bits per heavy atom. The number of benzene rings is 1. The fourth-order valence-corrected chi connectivity index (χ4v) is 3.00. The van der Waals surface area contributed by atoms with Crippen molar-refractivity contribution in [2.75, 3.05) is 0 Å². The first-order valence-corrected chi connectivity index (χ1v) is 6.74. The molecule has 1 aliphatic rings. The van der Waals surface area contributed by atoms with E-state index in [9.17, 15) is 18.0 Å². The first-order chi connectivity index (χ1) is 10.4. The largest absolute Gasteiger partial charge is 0.416 e. The van der Waals surface area contributed by atoms with Gasteiger partial charge in [-0.05, 0) is 35.4 Å². The average Bonchev–Trinajstić information content (AvgIpc) is 2.85. The van der Waals surface area contributed by atoms with Gasteiger partial charge in [-0.2, -0.15) is 13.2 Å². The van der Waals surface area contributed by atoms with E-state index in [2.05, 4.69) is 0 Å². The molecule has 0 saturated carbocycles. The number of aromatic nitrogens is 1. The molecule has 0 bridgehead atoms. The lowest BCUT2D eigenvalue weighted by molar-refractivity contribution is -0.137. The summed E-state index contributed by atoms with van der Waals surface area (Å²) in [5.41, 5.74) is -0.352. The molecule has 0 radical (unpaired) electrons. The fourth-order valence-electron chi connectivity index (χ4n) is 3.00. The van der Waals surface area contributed by atoms with Gasteiger partial charge in [-0.3, -0.25) is 5.41 Å². The Morgan fingerprint density at radius 3 is 2.50 bits per heavy atom. The van der Waals surface area contributed by atoms with E-state index in [0.29, 0.717) is 12.0 Å². The number of rotatable bonds is 2. The molecule has 0 spiro atoms. The SMILES string of the molecule is N=c1ccccn1C1(C=O)Cc2ccc(C(F)(F)F)cc2C1. The summed E-state index contributed by atoms with van der Waals surface area (Å²) in [6, 6.07) is 8.51. The lowest BCUT2D eigenvalue weighted by atomic mass is 9.97. The predicted molar refractivity (Wildman–Crippen MR) is 73.2 cm³/mol. The van der Waals surface area contributed by atoms with Crippen LogP contribution in [0.2, 0.25) is 0 Å². The van der Waals surface area contributed by atoms with Gasteiger partial charge in [-0.15, -0.1) is 0 Å². The van der Waals surface area contributed by atoms with Crippen molar-refractivity contribution in [1.82, 2.24) is 4.57 Å². The fraction of sp³-hybridized carbons (Fsp3) is 0.250. The summed E-state index contributed by atoms with van der Waals surface area (Å²) in [5, 5.41) is 7.94. The molecule has 1 aromatic heterocycles. The van der Waals surface area contributed by atoms with Crippen LogP contribution in [0.1, 0.15) is 16.7 Å². The van der Waals surface area contributed by atoms with Crippen LogP contribution in [0, 0.1) is 5.41 Å². The first-order valence-electron chi connectivity index (χ1n) is 6.74. The molecule has 1 atom stereocenters. The van der Waals surface area contributed by atoms with E-state index in [4.69, 9.17) is 5.41 Å². The molecule has 1 aliphatic carbocycles. The van der Waals surface area contributed by atoms with Crippen LogP contribution in [0.3, 0.4) is 0 Å². The first kappa shape index (κ1) is 14.6. The van der Waals surface area contributed by atoms with Crippen molar-refractivity contribution >= 4 is 6.29 Å². The molecule has 3 nitrogen and oxygen atoms in total. The maximum atomic E-state index is 12.8. The monoisotopic (exact) mass is 306 g/mol. The normalized spacial score (nSPS) is 20.7. The number of hydrogen-bond acceptors (Lipinski definition) is 2. The minimum atomic E-state index is -4.40. The van der Waals surface area contributed by atoms with E-state index in [0.717, 1.165) is 24.0 Å². The van der Waals surface area contributed by atoms with Gasteiger partial charge in [-0.25, -0.2) is 0 Å². The standard InChI is InChI=1S/C16H13F3N2O/c17-16(18,19)13-5-4-11-8-15(10-22,9-12(11)7-13)21-6-2-1-3-14(21)20/h1-7,10,20H,8-9H2. The van der Waals surface area contributed by atoms with Gasteiger partial charge in [0.2, 0.25) is 0 Å². The predicted octanol–water partition coefficient (Wildman–Crippen LogP) is 2.68. The maximum Gasteiger partial charge on any atom is 0.416 e. The number of halogens is 3. The minimum absolute atomic E-state index is 0.151. The number of pyridine rings is 1. The van der Waals surface area contributed by atoms with Gasteiger partial charge in [0.1, 0.15) is 17.3 Å². The van der Waals surface area contributed by atoms with Crippen molar-refractivity contribution < 1.29 is 18.0 Å². The zero-order chi connectivity index (χ0) is 16.0. The molecule has 0 saturated heterocycles. The van der Waals surface area contributed by atoms with E-state index in [1.807, 2.05) is 0 Å². The molecule has 6 heteroatoms. The highest BCUT2D eigenvalue weighted by Crippen LogP contribution is 2.37. The highest BCUT2D eigenvalue weighted by Gasteiger charge is 2.40. The molecule has 0 amide bonds. The molecule has 1 aromatic carbocycles. The molecular weight excluding hydrogens is 293 g/mol. The Hall–Kier alpha value is -2.37. The Bertz CT molecular complexity index is 794. The van der Waals surface area contributed by atoms with E-state index in [1.165, 1.54) is 10.6 Å². The molecule has 1 unspecified atom stereocenters. The van der Waals surface area contributed by atoms with Crippen LogP contribution in [-0.4, -0.2) is 10.9 Å². The third kappa shape index (κ3) is 2.24. The zero-order valence-corrected chi connectivity index (χ0v) is 11.5. The van der Waals surface area contributed by atoms with Gasteiger partial charge < -0.3 is 9.36 Å². The summed E-state index contributed by atoms with van der Waals surface area (Å²) in [6.45, 7) is 0. The second kappa shape index (κ2) is 4.83. The maximum absolute atomic E-state index is 12.8. The lowest BCUT2D eigenvalue weighted by Crippen LogP contribution is -2.42. The summed E-state index contributed by atoms with van der Waals surface area (Å²) >= 11 is 0. The molecule has 3 rings (SSSR count). The van der Waals surface area contributed by atoms with Gasteiger partial charge in [0.05, 0.1) is 5.56 Å². The molecule has 0 fully saturated rings. The second-order valence-corrected chi connectivity index (χ2v) is 5.51. The number of carbonyl (C=O) groups is 1. The number of nitrogens with one attached hydrogen (secondary N) is 1. The van der Waals surface area contributed by atoms with Crippen molar-refractivity contribution in [3.63, 3.8) is 0 Å². The number of carbonyl (C=O) groups excluding carboxylic acids is 1.